The normalized spacial score (nSPS) is 15.5. The summed E-state index contributed by atoms with van der Waals surface area (Å²) in [7, 11) is 0. The largest absolute Gasteiger partial charge is 0.481 e. The summed E-state index contributed by atoms with van der Waals surface area (Å²) in [5, 5.41) is 71.1. The summed E-state index contributed by atoms with van der Waals surface area (Å²) in [6, 6.07) is -23.3. The summed E-state index contributed by atoms with van der Waals surface area (Å²) in [4.78, 5) is 250. The van der Waals surface area contributed by atoms with Gasteiger partial charge in [-0.2, -0.15) is 0 Å². The van der Waals surface area contributed by atoms with E-state index in [0.29, 0.717) is 19.3 Å². The average Bonchev–Trinajstić information content (AvgIpc) is 0.853. The number of hydrogen-bond acceptors (Lipinski definition) is 25. The van der Waals surface area contributed by atoms with Crippen LogP contribution in [0.5, 0.6) is 0 Å². The van der Waals surface area contributed by atoms with Crippen molar-refractivity contribution < 1.29 is 107 Å². The van der Waals surface area contributed by atoms with E-state index in [1.165, 1.54) is 13.8 Å². The minimum Gasteiger partial charge on any atom is -0.481 e. The molecule has 16 amide bonds. The molecule has 0 aromatic heterocycles. The van der Waals surface area contributed by atoms with Gasteiger partial charge in [0.15, 0.2) is 11.9 Å². The summed E-state index contributed by atoms with van der Waals surface area (Å²) in [5.41, 5.74) is 55.1. The fourth-order valence-corrected chi connectivity index (χ4v) is 10.7. The van der Waals surface area contributed by atoms with E-state index in [-0.39, 0.29) is 102 Å². The molecule has 0 spiro atoms. The highest BCUT2D eigenvalue weighted by molar-refractivity contribution is 6.01. The molecule has 0 aliphatic carbocycles. The molecule has 0 unspecified atom stereocenters. The summed E-state index contributed by atoms with van der Waals surface area (Å²) in [6.07, 6.45) is -6.64. The van der Waals surface area contributed by atoms with Gasteiger partial charge in [0.05, 0.1) is 25.0 Å². The van der Waals surface area contributed by atoms with Crippen molar-refractivity contribution in [2.45, 2.75) is 268 Å². The number of carboxylic acids is 2. The summed E-state index contributed by atoms with van der Waals surface area (Å²) in [5.74, 6) is -22.5. The number of nitrogens with zero attached hydrogens (tertiary/aromatic N) is 2. The van der Waals surface area contributed by atoms with Crippen LogP contribution < -0.4 is 126 Å². The van der Waals surface area contributed by atoms with E-state index in [2.05, 4.69) is 79.1 Å². The van der Waals surface area contributed by atoms with E-state index in [1.807, 2.05) is 0 Å². The fraction of sp³-hybridized carbons (Fsp3) is 0.706. The molecule has 17 atom stereocenters. The SMILES string of the molecule is CC[C@H](C)[C@H](NC(=O)[C@@H](CCCN=C(N)N)NC(=O)[C@@H](N)[C@@H](C)O)C(=O)N[C@@H](CC(=O)O)C(=O)N[C@@H](CCC(N)=O)C(=O)N[C@@H](C)C(=O)N[C@@H](CC(N)=O)C(=O)N[C@@H](CCC(N)=O)C(=O)N[C@@H](CCCN=C(N)N)C(=O)N[C@@H](C)C(=O)N[C@H](C(=O)N[C@@H](CCCCN)C(=O)N[C@@H](CC(C)C)C(=O)N[C@@H](CCCCN)C(=O)O)[C@@H](C)O. The van der Waals surface area contributed by atoms with Gasteiger partial charge in [0, 0.05) is 25.9 Å². The number of aliphatic carboxylic acids is 2. The minimum absolute atomic E-state index is 0.0140. The molecule has 0 saturated carbocycles. The van der Waals surface area contributed by atoms with Gasteiger partial charge in [-0.3, -0.25) is 91.5 Å². The number of carbonyl (C=O) groups is 18. The lowest BCUT2D eigenvalue weighted by Crippen LogP contribution is -2.61. The van der Waals surface area contributed by atoms with Crippen LogP contribution in [-0.4, -0.2) is 262 Å². The van der Waals surface area contributed by atoms with Crippen LogP contribution in [0.1, 0.15) is 171 Å². The number of aliphatic imine (C=N–C) groups is 2. The number of hydrogen-bond donors (Lipinski definition) is 27. The molecule has 0 rings (SSSR count). The highest BCUT2D eigenvalue weighted by Crippen LogP contribution is 2.15. The van der Waals surface area contributed by atoms with Crippen LogP contribution in [0, 0.1) is 11.8 Å². The maximum absolute atomic E-state index is 14.3. The number of nitrogens with two attached hydrogens (primary N) is 10. The molecule has 0 aliphatic rings. The third kappa shape index (κ3) is 42.5. The van der Waals surface area contributed by atoms with Gasteiger partial charge >= 0.3 is 11.9 Å². The van der Waals surface area contributed by atoms with E-state index in [9.17, 15) is 107 Å². The molecule has 115 heavy (non-hydrogen) atoms. The maximum atomic E-state index is 14.3. The third-order valence-electron chi connectivity index (χ3n) is 17.5. The number of primary amides is 3. The first-order valence-electron chi connectivity index (χ1n) is 37.6. The van der Waals surface area contributed by atoms with E-state index >= 15 is 0 Å². The Kier molecular flexibility index (Phi) is 49.2. The van der Waals surface area contributed by atoms with Gasteiger partial charge in [-0.1, -0.05) is 34.1 Å². The minimum atomic E-state index is -2.05. The Bertz CT molecular complexity index is 3360. The van der Waals surface area contributed by atoms with E-state index in [0.717, 1.165) is 20.8 Å². The van der Waals surface area contributed by atoms with Crippen molar-refractivity contribution in [2.75, 3.05) is 26.2 Å². The predicted molar refractivity (Wildman–Crippen MR) is 413 cm³/mol. The van der Waals surface area contributed by atoms with Gasteiger partial charge in [0.1, 0.15) is 84.6 Å². The number of nitrogens with one attached hydrogen (secondary N) is 13. The zero-order valence-electron chi connectivity index (χ0n) is 66.3. The van der Waals surface area contributed by atoms with Crippen molar-refractivity contribution in [3.05, 3.63) is 0 Å². The van der Waals surface area contributed by atoms with Crippen molar-refractivity contribution in [1.29, 1.82) is 0 Å². The molecule has 47 nitrogen and oxygen atoms in total. The van der Waals surface area contributed by atoms with Gasteiger partial charge < -0.3 is 147 Å². The summed E-state index contributed by atoms with van der Waals surface area (Å²) in [6.45, 7) is 11.4. The zero-order valence-corrected chi connectivity index (χ0v) is 66.3. The predicted octanol–water partition coefficient (Wildman–Crippen LogP) is -11.2. The molecular weight excluding hydrogens is 1520 g/mol. The van der Waals surface area contributed by atoms with E-state index < -0.39 is 248 Å². The number of amides is 16. The lowest BCUT2D eigenvalue weighted by molar-refractivity contribution is -0.143. The second-order valence-electron chi connectivity index (χ2n) is 28.1. The number of guanidine groups is 2. The zero-order chi connectivity index (χ0) is 88.1. The van der Waals surface area contributed by atoms with Gasteiger partial charge in [-0.25, -0.2) is 4.79 Å². The molecule has 47 heteroatoms. The Morgan fingerprint density at radius 3 is 1.04 bits per heavy atom. The van der Waals surface area contributed by atoms with Crippen molar-refractivity contribution in [1.82, 2.24) is 69.1 Å². The van der Waals surface area contributed by atoms with Crippen LogP contribution >= 0.6 is 0 Å². The van der Waals surface area contributed by atoms with Gasteiger partial charge in [0.2, 0.25) is 94.5 Å². The fourth-order valence-electron chi connectivity index (χ4n) is 10.7. The van der Waals surface area contributed by atoms with Gasteiger partial charge in [-0.15, -0.1) is 0 Å². The number of carbonyl (C=O) groups excluding carboxylic acids is 16. The van der Waals surface area contributed by atoms with Crippen LogP contribution in [0.25, 0.3) is 0 Å². The van der Waals surface area contributed by atoms with E-state index in [4.69, 9.17) is 57.3 Å². The molecule has 0 radical (unpaired) electrons. The summed E-state index contributed by atoms with van der Waals surface area (Å²) < 4.78 is 0. The topological polar surface area (TPSA) is 829 Å². The van der Waals surface area contributed by atoms with Gasteiger partial charge in [-0.05, 0) is 136 Å². The highest BCUT2D eigenvalue weighted by Gasteiger charge is 2.39. The Balaban J connectivity index is 7.04. The Labute approximate surface area is 665 Å². The average molecular weight is 1640 g/mol. The highest BCUT2D eigenvalue weighted by atomic mass is 16.4. The first-order chi connectivity index (χ1) is 53.7. The first kappa shape index (κ1) is 104. The standard InChI is InChI=1S/C68H123N25O22/c1-9-32(4)51(92-59(107)39(19-15-27-80-68(77)78)86-63(111)50(74)35(7)94)64(112)91-45(30-49(99)100)62(110)84-40(20-22-46(71)96)56(104)81-33(5)53(101)89-44(29-48(73)98)61(109)85-41(21-23-47(72)97)58(106)83-38(18-14-26-79-67(75)76)55(103)82-34(6)54(102)93-52(36(8)95)65(113)87-37(16-10-12-24-69)57(105)90-43(28-31(2)3)60(108)88-42(66(114)115)17-11-13-25-70/h31-45,50-52,94-95H,9-30,69-70,74H2,1-8H3,(H2,71,96)(H2,72,97)(H2,73,98)(H,81,104)(H,82,103)(H,83,106)(H,84,110)(H,85,109)(H,86,111)(H,87,113)(H,88,108)(H,89,101)(H,90,105)(H,91,112)(H,92,107)(H,93,102)(H,99,100)(H,114,115)(H4,75,76,79)(H4,77,78,80)/t32-,33-,34-,35+,36+,37-,38-,39+,40-,41-,42-,43-,44-,45-,50-,51-,52-/m0/s1. The Hall–Kier alpha value is -11.2. The lowest BCUT2D eigenvalue weighted by Gasteiger charge is -2.29. The molecule has 37 N–H and O–H groups in total. The van der Waals surface area contributed by atoms with Crippen LogP contribution in [-0.2, 0) is 86.3 Å². The molecule has 0 bridgehead atoms. The summed E-state index contributed by atoms with van der Waals surface area (Å²) >= 11 is 0. The number of rotatable bonds is 59. The number of aliphatic hydroxyl groups excluding tert-OH is 2. The monoisotopic (exact) mass is 1640 g/mol. The molecule has 0 aliphatic heterocycles. The first-order valence-corrected chi connectivity index (χ1v) is 37.6. The molecule has 652 valence electrons. The molecule has 0 aromatic rings. The van der Waals surface area contributed by atoms with Crippen LogP contribution in [0.3, 0.4) is 0 Å². The quantitative estimate of drug-likeness (QED) is 0.0153. The Morgan fingerprint density at radius 1 is 0.339 bits per heavy atom. The molecular formula is C68H123N25O22. The van der Waals surface area contributed by atoms with Crippen molar-refractivity contribution in [3.63, 3.8) is 0 Å². The van der Waals surface area contributed by atoms with E-state index in [1.54, 1.807) is 20.8 Å². The lowest BCUT2D eigenvalue weighted by atomic mass is 9.96. The number of aliphatic hydroxyl groups is 2. The molecule has 0 saturated heterocycles. The Morgan fingerprint density at radius 2 is 0.661 bits per heavy atom. The van der Waals surface area contributed by atoms with Gasteiger partial charge in [0.25, 0.3) is 0 Å². The molecule has 0 heterocycles. The molecule has 0 fully saturated rings. The second kappa shape index (κ2) is 54.5. The smallest absolute Gasteiger partial charge is 0.326 e. The number of unbranched alkanes of at least 4 members (excludes halogenated alkanes) is 2. The van der Waals surface area contributed by atoms with Crippen molar-refractivity contribution in [2.24, 2.45) is 79.2 Å². The van der Waals surface area contributed by atoms with Crippen LogP contribution in [0.15, 0.2) is 9.98 Å². The van der Waals surface area contributed by atoms with Crippen molar-refractivity contribution >= 4 is 118 Å². The third-order valence-corrected chi connectivity index (χ3v) is 17.5. The van der Waals surface area contributed by atoms with Crippen LogP contribution in [0.2, 0.25) is 0 Å². The molecule has 0 aromatic carbocycles. The number of carboxylic acid groups (broad SMARTS) is 2. The maximum Gasteiger partial charge on any atom is 0.326 e. The second-order valence-corrected chi connectivity index (χ2v) is 28.1. The van der Waals surface area contributed by atoms with Crippen molar-refractivity contribution in [3.8, 4) is 0 Å². The van der Waals surface area contributed by atoms with Crippen LogP contribution in [0.4, 0.5) is 0 Å².